The minimum absolute atomic E-state index is 0.0490. The fraction of sp³-hybridized carbons (Fsp3) is 0.240. The van der Waals surface area contributed by atoms with Crippen LogP contribution in [0, 0.1) is 0 Å². The van der Waals surface area contributed by atoms with Gasteiger partial charge in [0.05, 0.1) is 12.7 Å². The van der Waals surface area contributed by atoms with Crippen LogP contribution in [0.2, 0.25) is 0 Å². The van der Waals surface area contributed by atoms with Crippen LogP contribution in [0.3, 0.4) is 0 Å². The van der Waals surface area contributed by atoms with Gasteiger partial charge in [0, 0.05) is 27.1 Å². The first kappa shape index (κ1) is 22.8. The van der Waals surface area contributed by atoms with E-state index in [1.165, 1.54) is 12.0 Å². The van der Waals surface area contributed by atoms with Crippen molar-refractivity contribution in [1.29, 1.82) is 0 Å². The predicted molar refractivity (Wildman–Crippen MR) is 127 cm³/mol. The Bertz CT molecular complexity index is 1250. The maximum absolute atomic E-state index is 13.2. The zero-order valence-electron chi connectivity index (χ0n) is 18.6. The van der Waals surface area contributed by atoms with Crippen molar-refractivity contribution in [1.82, 2.24) is 5.16 Å². The number of hydrogen-bond acceptors (Lipinski definition) is 6. The highest BCUT2D eigenvalue weighted by atomic mass is 79.9. The zero-order chi connectivity index (χ0) is 23.9. The molecular formula is C25H23BrN2O5. The number of rotatable bonds is 4. The first-order chi connectivity index (χ1) is 15.6. The fourth-order valence-corrected chi connectivity index (χ4v) is 4.02. The largest absolute Gasteiger partial charge is 0.507 e. The molecule has 1 aliphatic heterocycles. The highest BCUT2D eigenvalue weighted by Crippen LogP contribution is 2.45. The average molecular weight is 511 g/mol. The number of hydrogen-bond donors (Lipinski definition) is 1. The fourth-order valence-electron chi connectivity index (χ4n) is 3.75. The van der Waals surface area contributed by atoms with Gasteiger partial charge in [-0.25, -0.2) is 0 Å². The van der Waals surface area contributed by atoms with Gasteiger partial charge in [0.25, 0.3) is 5.78 Å². The van der Waals surface area contributed by atoms with Gasteiger partial charge in [-0.05, 0) is 18.2 Å². The topological polar surface area (TPSA) is 92.9 Å². The maximum atomic E-state index is 13.2. The van der Waals surface area contributed by atoms with Crippen LogP contribution in [0.4, 0.5) is 5.82 Å². The standard InChI is InChI=1S/C25H23BrN2O5/c1-25(2,3)18-13-19(27-33-18)28-21(16-7-5-6-8-17(16)32-4)20(23(30)24(28)31)22(29)14-9-11-15(26)12-10-14/h5-13,21,29H,1-4H3/t21-/m0/s1. The molecule has 0 bridgehead atoms. The highest BCUT2D eigenvalue weighted by molar-refractivity contribution is 9.10. The molecule has 0 saturated carbocycles. The van der Waals surface area contributed by atoms with E-state index in [0.717, 1.165) is 4.47 Å². The first-order valence-electron chi connectivity index (χ1n) is 10.3. The number of carbonyl (C=O) groups is 2. The summed E-state index contributed by atoms with van der Waals surface area (Å²) in [7, 11) is 1.51. The van der Waals surface area contributed by atoms with Crippen molar-refractivity contribution in [3.05, 3.63) is 81.5 Å². The molecule has 33 heavy (non-hydrogen) atoms. The minimum atomic E-state index is -0.956. The van der Waals surface area contributed by atoms with Crippen LogP contribution >= 0.6 is 15.9 Å². The van der Waals surface area contributed by atoms with Crippen LogP contribution in [0.1, 0.15) is 43.7 Å². The van der Waals surface area contributed by atoms with Crippen LogP contribution in [-0.4, -0.2) is 29.1 Å². The van der Waals surface area contributed by atoms with Crippen molar-refractivity contribution >= 4 is 39.2 Å². The monoisotopic (exact) mass is 510 g/mol. The molecule has 0 spiro atoms. The molecule has 1 aromatic heterocycles. The lowest BCUT2D eigenvalue weighted by Gasteiger charge is -2.24. The smallest absolute Gasteiger partial charge is 0.301 e. The van der Waals surface area contributed by atoms with E-state index in [-0.39, 0.29) is 22.6 Å². The summed E-state index contributed by atoms with van der Waals surface area (Å²) < 4.78 is 11.8. The summed E-state index contributed by atoms with van der Waals surface area (Å²) in [5.41, 5.74) is 0.549. The second kappa shape index (κ2) is 8.51. The van der Waals surface area contributed by atoms with Gasteiger partial charge >= 0.3 is 5.91 Å². The Labute approximate surface area is 199 Å². The number of benzene rings is 2. The van der Waals surface area contributed by atoms with E-state index in [2.05, 4.69) is 21.1 Å². The summed E-state index contributed by atoms with van der Waals surface area (Å²) in [5, 5.41) is 15.3. The molecule has 170 valence electrons. The van der Waals surface area contributed by atoms with Gasteiger partial charge in [-0.15, -0.1) is 0 Å². The van der Waals surface area contributed by atoms with Crippen molar-refractivity contribution in [2.45, 2.75) is 32.2 Å². The number of amides is 1. The second-order valence-corrected chi connectivity index (χ2v) is 9.63. The third-order valence-electron chi connectivity index (χ3n) is 5.48. The van der Waals surface area contributed by atoms with E-state index in [1.807, 2.05) is 20.8 Å². The van der Waals surface area contributed by atoms with E-state index in [4.69, 9.17) is 9.26 Å². The molecule has 1 N–H and O–H groups in total. The Morgan fingerprint density at radius 3 is 2.39 bits per heavy atom. The quantitative estimate of drug-likeness (QED) is 0.288. The lowest BCUT2D eigenvalue weighted by atomic mass is 9.93. The number of halogens is 1. The third kappa shape index (κ3) is 4.06. The number of anilines is 1. The van der Waals surface area contributed by atoms with Gasteiger partial charge < -0.3 is 14.4 Å². The molecule has 8 heteroatoms. The van der Waals surface area contributed by atoms with E-state index >= 15 is 0 Å². The predicted octanol–water partition coefficient (Wildman–Crippen LogP) is 5.37. The van der Waals surface area contributed by atoms with E-state index in [0.29, 0.717) is 22.6 Å². The van der Waals surface area contributed by atoms with Gasteiger partial charge in [0.2, 0.25) is 0 Å². The van der Waals surface area contributed by atoms with E-state index < -0.39 is 17.7 Å². The molecule has 2 heterocycles. The second-order valence-electron chi connectivity index (χ2n) is 8.72. The number of para-hydroxylation sites is 1. The average Bonchev–Trinajstić information content (AvgIpc) is 3.37. The van der Waals surface area contributed by atoms with Crippen molar-refractivity contribution in [3.63, 3.8) is 0 Å². The van der Waals surface area contributed by atoms with E-state index in [1.54, 1.807) is 54.6 Å². The molecule has 0 aliphatic carbocycles. The summed E-state index contributed by atoms with van der Waals surface area (Å²) in [6.45, 7) is 5.87. The molecule has 1 amide bonds. The maximum Gasteiger partial charge on any atom is 0.301 e. The number of methoxy groups -OCH3 is 1. The molecular weight excluding hydrogens is 488 g/mol. The Kier molecular flexibility index (Phi) is 5.88. The molecule has 2 aromatic carbocycles. The van der Waals surface area contributed by atoms with Crippen molar-refractivity contribution in [3.8, 4) is 5.75 Å². The number of ketones is 1. The number of nitrogens with zero attached hydrogens (tertiary/aromatic N) is 2. The highest BCUT2D eigenvalue weighted by Gasteiger charge is 2.49. The normalized spacial score (nSPS) is 18.1. The first-order valence-corrected chi connectivity index (χ1v) is 11.1. The number of aliphatic hydroxyl groups excluding tert-OH is 1. The van der Waals surface area contributed by atoms with Gasteiger partial charge in [0.1, 0.15) is 23.3 Å². The number of Topliss-reactive ketones (excluding diaryl/α,β-unsaturated/α-hetero) is 1. The van der Waals surface area contributed by atoms with Crippen LogP contribution < -0.4 is 9.64 Å². The summed E-state index contributed by atoms with van der Waals surface area (Å²) in [5.74, 6) is -0.682. The van der Waals surface area contributed by atoms with Gasteiger partial charge in [0.15, 0.2) is 5.82 Å². The molecule has 0 unspecified atom stereocenters. The summed E-state index contributed by atoms with van der Waals surface area (Å²) in [6, 6.07) is 14.6. The van der Waals surface area contributed by atoms with E-state index in [9.17, 15) is 14.7 Å². The molecule has 1 fully saturated rings. The van der Waals surface area contributed by atoms with Gasteiger partial charge in [-0.3, -0.25) is 14.5 Å². The Balaban J connectivity index is 1.96. The molecule has 3 aromatic rings. The number of aromatic nitrogens is 1. The van der Waals surface area contributed by atoms with Crippen LogP contribution in [-0.2, 0) is 15.0 Å². The lowest BCUT2D eigenvalue weighted by molar-refractivity contribution is -0.132. The lowest BCUT2D eigenvalue weighted by Crippen LogP contribution is -2.30. The Hall–Kier alpha value is -3.39. The Morgan fingerprint density at radius 2 is 1.79 bits per heavy atom. The Morgan fingerprint density at radius 1 is 1.12 bits per heavy atom. The van der Waals surface area contributed by atoms with Crippen LogP contribution in [0.5, 0.6) is 5.75 Å². The van der Waals surface area contributed by atoms with Gasteiger partial charge in [-0.2, -0.15) is 0 Å². The molecule has 0 radical (unpaired) electrons. The number of aliphatic hydroxyl groups is 1. The summed E-state index contributed by atoms with van der Waals surface area (Å²) in [4.78, 5) is 27.7. The molecule has 1 aliphatic rings. The number of carbonyl (C=O) groups excluding carboxylic acids is 2. The third-order valence-corrected chi connectivity index (χ3v) is 6.01. The molecule has 7 nitrogen and oxygen atoms in total. The zero-order valence-corrected chi connectivity index (χ0v) is 20.2. The summed E-state index contributed by atoms with van der Waals surface area (Å²) >= 11 is 3.36. The summed E-state index contributed by atoms with van der Waals surface area (Å²) in [6.07, 6.45) is 0. The van der Waals surface area contributed by atoms with Gasteiger partial charge in [-0.1, -0.05) is 72.2 Å². The van der Waals surface area contributed by atoms with Crippen LogP contribution in [0.15, 0.2) is 69.2 Å². The molecule has 4 rings (SSSR count). The molecule has 1 atom stereocenters. The van der Waals surface area contributed by atoms with Crippen LogP contribution in [0.25, 0.3) is 5.76 Å². The molecule has 1 saturated heterocycles. The van der Waals surface area contributed by atoms with Crippen molar-refractivity contribution in [2.75, 3.05) is 12.0 Å². The number of ether oxygens (including phenoxy) is 1. The minimum Gasteiger partial charge on any atom is -0.507 e. The van der Waals surface area contributed by atoms with Crippen molar-refractivity contribution < 1.29 is 24.0 Å². The SMILES string of the molecule is COc1ccccc1[C@H]1C(=C(O)c2ccc(Br)cc2)C(=O)C(=O)N1c1cc(C(C)(C)C)on1. The van der Waals surface area contributed by atoms with Crippen molar-refractivity contribution in [2.24, 2.45) is 0 Å².